The molecule has 7 heteroatoms. The van der Waals surface area contributed by atoms with E-state index >= 15 is 0 Å². The molecular formula is C18H13F2NO4. The summed E-state index contributed by atoms with van der Waals surface area (Å²) in [6, 6.07) is 10.5. The number of carbonyl (C=O) groups excluding carboxylic acids is 1. The van der Waals surface area contributed by atoms with Crippen LogP contribution >= 0.6 is 0 Å². The zero-order valence-corrected chi connectivity index (χ0v) is 13.1. The van der Waals surface area contributed by atoms with Crippen LogP contribution in [0, 0.1) is 11.6 Å². The minimum absolute atomic E-state index is 0.147. The predicted octanol–water partition coefficient (Wildman–Crippen LogP) is 3.48. The Morgan fingerprint density at radius 2 is 1.88 bits per heavy atom. The van der Waals surface area contributed by atoms with E-state index in [4.69, 9.17) is 9.15 Å². The molecule has 3 aromatic rings. The van der Waals surface area contributed by atoms with E-state index in [1.165, 1.54) is 19.1 Å². The average molecular weight is 345 g/mol. The first kappa shape index (κ1) is 16.6. The molecule has 128 valence electrons. The smallest absolute Gasteiger partial charge is 0.336 e. The molecule has 1 amide bonds. The molecule has 1 heterocycles. The lowest BCUT2D eigenvalue weighted by Gasteiger charge is -2.15. The summed E-state index contributed by atoms with van der Waals surface area (Å²) in [4.78, 5) is 23.4. The molecule has 3 rings (SSSR count). The van der Waals surface area contributed by atoms with Gasteiger partial charge in [-0.3, -0.25) is 4.79 Å². The van der Waals surface area contributed by atoms with Crippen molar-refractivity contribution >= 4 is 22.6 Å². The Morgan fingerprint density at radius 1 is 1.12 bits per heavy atom. The van der Waals surface area contributed by atoms with Gasteiger partial charge in [0.15, 0.2) is 6.10 Å². The number of benzene rings is 2. The minimum atomic E-state index is -0.961. The molecule has 0 aliphatic carbocycles. The molecule has 0 saturated carbocycles. The second-order valence-electron chi connectivity index (χ2n) is 5.33. The van der Waals surface area contributed by atoms with Crippen LogP contribution in [0.4, 0.5) is 14.5 Å². The molecule has 1 N–H and O–H groups in total. The summed E-state index contributed by atoms with van der Waals surface area (Å²) in [5, 5.41) is 3.03. The highest BCUT2D eigenvalue weighted by molar-refractivity contribution is 5.94. The number of hydrogen-bond acceptors (Lipinski definition) is 4. The van der Waals surface area contributed by atoms with Crippen LogP contribution in [0.3, 0.4) is 0 Å². The molecular weight excluding hydrogens is 332 g/mol. The van der Waals surface area contributed by atoms with Gasteiger partial charge in [0.05, 0.1) is 5.69 Å². The maximum atomic E-state index is 13.6. The SMILES string of the molecule is C[C@H](Oc1ccc2ccc(=O)oc2c1)C(=O)Nc1ccc(F)cc1F. The highest BCUT2D eigenvalue weighted by atomic mass is 19.1. The highest BCUT2D eigenvalue weighted by Gasteiger charge is 2.17. The van der Waals surface area contributed by atoms with Crippen molar-refractivity contribution in [2.24, 2.45) is 0 Å². The number of halogens is 2. The Hall–Kier alpha value is -3.22. The first-order chi connectivity index (χ1) is 11.9. The lowest BCUT2D eigenvalue weighted by molar-refractivity contribution is -0.122. The fourth-order valence-electron chi connectivity index (χ4n) is 2.20. The number of rotatable bonds is 4. The molecule has 0 radical (unpaired) electrons. The normalized spacial score (nSPS) is 12.0. The lowest BCUT2D eigenvalue weighted by atomic mass is 10.2. The van der Waals surface area contributed by atoms with Crippen molar-refractivity contribution in [2.45, 2.75) is 13.0 Å². The van der Waals surface area contributed by atoms with Crippen LogP contribution in [0.15, 0.2) is 57.7 Å². The van der Waals surface area contributed by atoms with Crippen LogP contribution in [0.1, 0.15) is 6.92 Å². The maximum absolute atomic E-state index is 13.6. The third kappa shape index (κ3) is 3.82. The lowest BCUT2D eigenvalue weighted by Crippen LogP contribution is -2.30. The van der Waals surface area contributed by atoms with E-state index in [0.717, 1.165) is 12.1 Å². The molecule has 1 atom stereocenters. The highest BCUT2D eigenvalue weighted by Crippen LogP contribution is 2.21. The summed E-state index contributed by atoms with van der Waals surface area (Å²) in [5.41, 5.74) is -0.323. The molecule has 2 aromatic carbocycles. The fourth-order valence-corrected chi connectivity index (χ4v) is 2.20. The summed E-state index contributed by atoms with van der Waals surface area (Å²) in [6.07, 6.45) is -0.961. The van der Waals surface area contributed by atoms with Gasteiger partial charge >= 0.3 is 5.63 Å². The molecule has 5 nitrogen and oxygen atoms in total. The van der Waals surface area contributed by atoms with E-state index in [-0.39, 0.29) is 5.69 Å². The van der Waals surface area contributed by atoms with Gasteiger partial charge in [0.2, 0.25) is 0 Å². The summed E-state index contributed by atoms with van der Waals surface area (Å²) in [6.45, 7) is 1.47. The second kappa shape index (κ2) is 6.72. The maximum Gasteiger partial charge on any atom is 0.336 e. The van der Waals surface area contributed by atoms with Gasteiger partial charge in [0.1, 0.15) is 23.0 Å². The fraction of sp³-hybridized carbons (Fsp3) is 0.111. The van der Waals surface area contributed by atoms with Crippen molar-refractivity contribution in [1.29, 1.82) is 0 Å². The molecule has 0 bridgehead atoms. The quantitative estimate of drug-likeness (QED) is 0.735. The third-order valence-corrected chi connectivity index (χ3v) is 3.47. The Balaban J connectivity index is 1.73. The van der Waals surface area contributed by atoms with Gasteiger partial charge in [-0.1, -0.05) is 0 Å². The first-order valence-corrected chi connectivity index (χ1v) is 7.39. The Bertz CT molecular complexity index is 1000. The van der Waals surface area contributed by atoms with Crippen molar-refractivity contribution in [1.82, 2.24) is 0 Å². The van der Waals surface area contributed by atoms with E-state index in [2.05, 4.69) is 5.32 Å². The number of nitrogens with one attached hydrogen (secondary N) is 1. The standard InChI is InChI=1S/C18H13F2NO4/c1-10(18(23)21-15-6-4-12(19)8-14(15)20)24-13-5-2-11-3-7-17(22)25-16(11)9-13/h2-10H,1H3,(H,21,23)/t10-/m0/s1. The zero-order valence-electron chi connectivity index (χ0n) is 13.1. The van der Waals surface area contributed by atoms with Crippen LogP contribution in [-0.2, 0) is 4.79 Å². The van der Waals surface area contributed by atoms with Crippen LogP contribution < -0.4 is 15.7 Å². The van der Waals surface area contributed by atoms with E-state index in [0.29, 0.717) is 22.8 Å². The summed E-state index contributed by atoms with van der Waals surface area (Å²) in [7, 11) is 0. The van der Waals surface area contributed by atoms with Crippen LogP contribution in [0.2, 0.25) is 0 Å². The van der Waals surface area contributed by atoms with Crippen molar-refractivity contribution in [3.8, 4) is 5.75 Å². The van der Waals surface area contributed by atoms with Gasteiger partial charge in [-0.25, -0.2) is 13.6 Å². The van der Waals surface area contributed by atoms with E-state index in [1.807, 2.05) is 0 Å². The molecule has 0 aliphatic rings. The number of hydrogen-bond donors (Lipinski definition) is 1. The number of anilines is 1. The Morgan fingerprint density at radius 3 is 2.64 bits per heavy atom. The number of fused-ring (bicyclic) bond motifs is 1. The first-order valence-electron chi connectivity index (χ1n) is 7.39. The van der Waals surface area contributed by atoms with Gasteiger partial charge < -0.3 is 14.5 Å². The van der Waals surface area contributed by atoms with Gasteiger partial charge in [0, 0.05) is 23.6 Å². The summed E-state index contributed by atoms with van der Waals surface area (Å²) < 4.78 is 37.0. The van der Waals surface area contributed by atoms with Crippen LogP contribution in [-0.4, -0.2) is 12.0 Å². The zero-order chi connectivity index (χ0) is 18.0. The monoisotopic (exact) mass is 345 g/mol. The van der Waals surface area contributed by atoms with E-state index in [1.54, 1.807) is 18.2 Å². The summed E-state index contributed by atoms with van der Waals surface area (Å²) >= 11 is 0. The molecule has 25 heavy (non-hydrogen) atoms. The average Bonchev–Trinajstić information content (AvgIpc) is 2.57. The van der Waals surface area contributed by atoms with Crippen molar-refractivity contribution < 1.29 is 22.7 Å². The van der Waals surface area contributed by atoms with Gasteiger partial charge in [-0.05, 0) is 37.3 Å². The summed E-state index contributed by atoms with van der Waals surface area (Å²) in [5.74, 6) is -1.92. The van der Waals surface area contributed by atoms with E-state index in [9.17, 15) is 18.4 Å². The van der Waals surface area contributed by atoms with Crippen molar-refractivity contribution in [3.05, 3.63) is 70.6 Å². The van der Waals surface area contributed by atoms with Gasteiger partial charge in [-0.2, -0.15) is 0 Å². The number of amides is 1. The largest absolute Gasteiger partial charge is 0.481 e. The second-order valence-corrected chi connectivity index (χ2v) is 5.33. The molecule has 0 saturated heterocycles. The van der Waals surface area contributed by atoms with Gasteiger partial charge in [0.25, 0.3) is 5.91 Å². The Labute approximate surface area is 140 Å². The van der Waals surface area contributed by atoms with Crippen LogP contribution in [0.5, 0.6) is 5.75 Å². The predicted molar refractivity (Wildman–Crippen MR) is 87.6 cm³/mol. The molecule has 1 aromatic heterocycles. The number of ether oxygens (including phenoxy) is 1. The topological polar surface area (TPSA) is 68.5 Å². The minimum Gasteiger partial charge on any atom is -0.481 e. The third-order valence-electron chi connectivity index (χ3n) is 3.47. The van der Waals surface area contributed by atoms with Crippen LogP contribution in [0.25, 0.3) is 11.0 Å². The van der Waals surface area contributed by atoms with Crippen molar-refractivity contribution in [2.75, 3.05) is 5.32 Å². The van der Waals surface area contributed by atoms with Gasteiger partial charge in [-0.15, -0.1) is 0 Å². The molecule has 0 aliphatic heterocycles. The Kier molecular flexibility index (Phi) is 4.47. The number of carbonyl (C=O) groups is 1. The molecule has 0 unspecified atom stereocenters. The molecule has 0 spiro atoms. The molecule has 0 fully saturated rings. The van der Waals surface area contributed by atoms with E-state index < -0.39 is 29.3 Å². The van der Waals surface area contributed by atoms with Crippen molar-refractivity contribution in [3.63, 3.8) is 0 Å².